The Morgan fingerprint density at radius 2 is 1.86 bits per heavy atom. The lowest BCUT2D eigenvalue weighted by molar-refractivity contribution is -0.131. The highest BCUT2D eigenvalue weighted by atomic mass is 32.2. The molecule has 2 amide bonds. The number of benzene rings is 3. The molecule has 3 heterocycles. The number of carbonyl (C=O) groups excluding carboxylic acids is 2. The number of likely N-dealkylation sites (N-methyl/N-ethyl adjacent to an activating group) is 1. The molecule has 0 radical (unpaired) electrons. The number of nitrogens with one attached hydrogen (secondary N) is 3. The Balaban J connectivity index is 1.40. The molecule has 1 saturated carbocycles. The number of aromatic nitrogens is 1. The minimum Gasteiger partial charge on any atom is -0.446 e. The third-order valence-corrected chi connectivity index (χ3v) is 9.06. The molecule has 7 rings (SSSR count). The van der Waals surface area contributed by atoms with E-state index in [1.807, 2.05) is 49.4 Å². The van der Waals surface area contributed by atoms with Crippen LogP contribution in [0.4, 0.5) is 16.2 Å². The molecular weight excluding hydrogens is 552 g/mol. The molecule has 42 heavy (non-hydrogen) atoms. The van der Waals surface area contributed by atoms with Gasteiger partial charge in [0.05, 0.1) is 0 Å². The predicted octanol–water partition coefficient (Wildman–Crippen LogP) is 5.50. The zero-order valence-corrected chi connectivity index (χ0v) is 24.2. The summed E-state index contributed by atoms with van der Waals surface area (Å²) in [5.41, 5.74) is 3.94. The highest BCUT2D eigenvalue weighted by Gasteiger charge is 2.28. The van der Waals surface area contributed by atoms with Crippen LogP contribution in [0.2, 0.25) is 0 Å². The third-order valence-electron chi connectivity index (χ3n) is 7.60. The van der Waals surface area contributed by atoms with Crippen molar-refractivity contribution in [3.8, 4) is 0 Å². The number of nitrogens with zero attached hydrogens (tertiary/aromatic N) is 1. The standard InChI is InChI=1S/C32H32N4O5S/c1-18-13-20-4-9-25(18)27(37)17-41-32(40)35-22-6-10-28(42-24-7-8-24)21(14-22)16-36(2)31(39)29(20)34-23-5-3-19-11-12-33-30(38)26(19)15-23/h3-6,9-15,24,27,29,34,37H,7-8,16-17H2,1-2H3,(H,33,38)(H,35,40)/t27-,29+/m0/s1. The molecule has 216 valence electrons. The van der Waals surface area contributed by atoms with Crippen LogP contribution >= 0.6 is 11.8 Å². The smallest absolute Gasteiger partial charge is 0.411 e. The third kappa shape index (κ3) is 6.00. The maximum absolute atomic E-state index is 14.2. The Bertz CT molecular complexity index is 1730. The largest absolute Gasteiger partial charge is 0.446 e. The first kappa shape index (κ1) is 27.9. The van der Waals surface area contributed by atoms with Gasteiger partial charge in [0.2, 0.25) is 5.91 Å². The van der Waals surface area contributed by atoms with E-state index in [0.29, 0.717) is 39.7 Å². The van der Waals surface area contributed by atoms with Crippen LogP contribution in [0.15, 0.2) is 76.6 Å². The summed E-state index contributed by atoms with van der Waals surface area (Å²) in [7, 11) is 1.76. The molecule has 1 fully saturated rings. The van der Waals surface area contributed by atoms with E-state index in [9.17, 15) is 19.5 Å². The number of pyridine rings is 1. The van der Waals surface area contributed by atoms with Crippen molar-refractivity contribution in [1.82, 2.24) is 9.88 Å². The van der Waals surface area contributed by atoms with Gasteiger partial charge in [-0.3, -0.25) is 14.9 Å². The SMILES string of the molecule is Cc1cc2ccc1[C@@H](O)COC(=O)Nc1ccc(SC3CC3)c(c1)CN(C)C(=O)[C@@H]2Nc1ccc2cc[nH]c(=O)c2c1. The Morgan fingerprint density at radius 1 is 1.02 bits per heavy atom. The lowest BCUT2D eigenvalue weighted by Crippen LogP contribution is -2.35. The molecule has 9 nitrogen and oxygen atoms in total. The van der Waals surface area contributed by atoms with Crippen LogP contribution < -0.4 is 16.2 Å². The van der Waals surface area contributed by atoms with Gasteiger partial charge in [0, 0.05) is 46.7 Å². The molecule has 0 unspecified atom stereocenters. The molecule has 3 aromatic carbocycles. The van der Waals surface area contributed by atoms with Crippen molar-refractivity contribution in [2.24, 2.45) is 0 Å². The van der Waals surface area contributed by atoms with Crippen molar-refractivity contribution in [1.29, 1.82) is 0 Å². The minimum absolute atomic E-state index is 0.169. The molecule has 1 aromatic heterocycles. The Kier molecular flexibility index (Phi) is 7.66. The lowest BCUT2D eigenvalue weighted by atomic mass is 9.96. The van der Waals surface area contributed by atoms with Crippen molar-refractivity contribution in [2.45, 2.75) is 48.6 Å². The van der Waals surface area contributed by atoms with E-state index in [1.54, 1.807) is 48.1 Å². The second-order valence-corrected chi connectivity index (χ2v) is 12.2. The van der Waals surface area contributed by atoms with Crippen LogP contribution in [0.3, 0.4) is 0 Å². The molecule has 4 aromatic rings. The number of aryl methyl sites for hydroxylation is 1. The molecule has 4 N–H and O–H groups in total. The highest BCUT2D eigenvalue weighted by Crippen LogP contribution is 2.41. The number of rotatable bonds is 4. The number of aliphatic hydroxyl groups is 1. The second kappa shape index (κ2) is 11.5. The zero-order valence-electron chi connectivity index (χ0n) is 23.3. The summed E-state index contributed by atoms with van der Waals surface area (Å²) >= 11 is 1.78. The summed E-state index contributed by atoms with van der Waals surface area (Å²) < 4.78 is 5.34. The summed E-state index contributed by atoms with van der Waals surface area (Å²) in [4.78, 5) is 44.6. The van der Waals surface area contributed by atoms with Gasteiger partial charge in [0.1, 0.15) is 18.8 Å². The minimum atomic E-state index is -1.04. The van der Waals surface area contributed by atoms with E-state index < -0.39 is 18.2 Å². The average molecular weight is 585 g/mol. The summed E-state index contributed by atoms with van der Waals surface area (Å²) in [6, 6.07) is 17.6. The number of ether oxygens (including phenoxy) is 1. The van der Waals surface area contributed by atoms with Crippen molar-refractivity contribution < 1.29 is 19.4 Å². The number of anilines is 2. The van der Waals surface area contributed by atoms with Gasteiger partial charge in [-0.25, -0.2) is 4.79 Å². The van der Waals surface area contributed by atoms with Crippen LogP contribution in [0.1, 0.15) is 47.2 Å². The van der Waals surface area contributed by atoms with Gasteiger partial charge in [-0.15, -0.1) is 11.8 Å². The van der Waals surface area contributed by atoms with E-state index >= 15 is 0 Å². The number of hydrogen-bond acceptors (Lipinski definition) is 7. The highest BCUT2D eigenvalue weighted by molar-refractivity contribution is 8.00. The van der Waals surface area contributed by atoms with Crippen LogP contribution in [0.5, 0.6) is 0 Å². The zero-order chi connectivity index (χ0) is 29.4. The maximum Gasteiger partial charge on any atom is 0.411 e. The van der Waals surface area contributed by atoms with E-state index in [4.69, 9.17) is 4.74 Å². The number of fused-ring (bicyclic) bond motifs is 10. The number of hydrogen-bond donors (Lipinski definition) is 4. The fourth-order valence-electron chi connectivity index (χ4n) is 5.19. The molecule has 1 aliphatic carbocycles. The fraction of sp³-hybridized carbons (Fsp3) is 0.281. The van der Waals surface area contributed by atoms with Gasteiger partial charge in [-0.1, -0.05) is 24.3 Å². The van der Waals surface area contributed by atoms with Crippen LogP contribution in [0.25, 0.3) is 10.8 Å². The summed E-state index contributed by atoms with van der Waals surface area (Å²) in [5.74, 6) is -0.169. The molecule has 0 spiro atoms. The fourth-order valence-corrected chi connectivity index (χ4v) is 6.35. The summed E-state index contributed by atoms with van der Waals surface area (Å²) in [6.45, 7) is 1.95. The van der Waals surface area contributed by atoms with Crippen molar-refractivity contribution in [3.63, 3.8) is 0 Å². The predicted molar refractivity (Wildman–Crippen MR) is 164 cm³/mol. The Labute approximate surface area is 247 Å². The van der Waals surface area contributed by atoms with E-state index in [-0.39, 0.29) is 18.1 Å². The Hall–Kier alpha value is -4.28. The van der Waals surface area contributed by atoms with Gasteiger partial charge in [0.15, 0.2) is 0 Å². The number of carbonyl (C=O) groups is 2. The number of thioether (sulfide) groups is 1. The van der Waals surface area contributed by atoms with Gasteiger partial charge < -0.3 is 25.0 Å². The molecule has 2 aliphatic heterocycles. The first-order valence-electron chi connectivity index (χ1n) is 13.9. The van der Waals surface area contributed by atoms with E-state index in [0.717, 1.165) is 34.3 Å². The summed E-state index contributed by atoms with van der Waals surface area (Å²) in [5, 5.41) is 18.8. The number of H-pyrrole nitrogens is 1. The van der Waals surface area contributed by atoms with E-state index in [1.165, 1.54) is 0 Å². The first-order chi connectivity index (χ1) is 20.2. The first-order valence-corrected chi connectivity index (χ1v) is 14.8. The second-order valence-electron chi connectivity index (χ2n) is 10.9. The van der Waals surface area contributed by atoms with Gasteiger partial charge in [-0.2, -0.15) is 0 Å². The van der Waals surface area contributed by atoms with Crippen molar-refractivity contribution >= 4 is 45.9 Å². The average Bonchev–Trinajstić information content (AvgIpc) is 3.79. The number of amides is 2. The van der Waals surface area contributed by atoms with E-state index in [2.05, 4.69) is 15.6 Å². The van der Waals surface area contributed by atoms with Crippen molar-refractivity contribution in [2.75, 3.05) is 24.3 Å². The van der Waals surface area contributed by atoms with Crippen molar-refractivity contribution in [3.05, 3.63) is 99.5 Å². The summed E-state index contributed by atoms with van der Waals surface area (Å²) in [6.07, 6.45) is 2.22. The monoisotopic (exact) mass is 584 g/mol. The lowest BCUT2D eigenvalue weighted by Gasteiger charge is -2.28. The van der Waals surface area contributed by atoms with Crippen LogP contribution in [0, 0.1) is 6.92 Å². The molecule has 4 bridgehead atoms. The van der Waals surface area contributed by atoms with Gasteiger partial charge >= 0.3 is 6.09 Å². The molecule has 10 heteroatoms. The topological polar surface area (TPSA) is 124 Å². The van der Waals surface area contributed by atoms with Gasteiger partial charge in [-0.05, 0) is 83.8 Å². The number of aliphatic hydroxyl groups excluding tert-OH is 1. The van der Waals surface area contributed by atoms with Gasteiger partial charge in [0.25, 0.3) is 5.56 Å². The quantitative estimate of drug-likeness (QED) is 0.250. The molecule has 3 aliphatic rings. The maximum atomic E-state index is 14.2. The number of aromatic amines is 1. The normalized spacial score (nSPS) is 19.5. The molecule has 2 atom stereocenters. The Morgan fingerprint density at radius 3 is 2.64 bits per heavy atom. The molecular formula is C32H32N4O5S. The molecule has 0 saturated heterocycles. The van der Waals surface area contributed by atoms with Crippen LogP contribution in [-0.4, -0.2) is 45.9 Å². The van der Waals surface area contributed by atoms with Crippen LogP contribution in [-0.2, 0) is 16.1 Å².